The molecule has 9 nitrogen and oxygen atoms in total. The summed E-state index contributed by atoms with van der Waals surface area (Å²) in [6, 6.07) is 1.92. The fourth-order valence-corrected chi connectivity index (χ4v) is 3.37. The van der Waals surface area contributed by atoms with E-state index in [1.54, 1.807) is 13.8 Å². The summed E-state index contributed by atoms with van der Waals surface area (Å²) in [5, 5.41) is 2.25. The summed E-state index contributed by atoms with van der Waals surface area (Å²) < 4.78 is 61.6. The van der Waals surface area contributed by atoms with Crippen LogP contribution in [-0.4, -0.2) is 74.5 Å². The Morgan fingerprint density at radius 3 is 2.48 bits per heavy atom. The number of ether oxygens (including phenoxy) is 2. The number of primary amides is 1. The molecular weight excluding hydrogens is 452 g/mol. The summed E-state index contributed by atoms with van der Waals surface area (Å²) in [6.07, 6.45) is -2.85. The number of anilines is 2. The van der Waals surface area contributed by atoms with Gasteiger partial charge in [0.25, 0.3) is 18.2 Å². The predicted octanol–water partition coefficient (Wildman–Crippen LogP) is 1.67. The Labute approximate surface area is 187 Å². The first-order valence-electron chi connectivity index (χ1n) is 10.1. The molecule has 1 fully saturated rings. The number of nitrogens with zero attached hydrogens (tertiary/aromatic N) is 2. The van der Waals surface area contributed by atoms with Crippen LogP contribution in [0.25, 0.3) is 0 Å². The molecule has 184 valence electrons. The van der Waals surface area contributed by atoms with Gasteiger partial charge < -0.3 is 25.4 Å². The third-order valence-electron chi connectivity index (χ3n) is 4.59. The van der Waals surface area contributed by atoms with Gasteiger partial charge in [-0.1, -0.05) is 13.8 Å². The molecule has 3 amide bonds. The number of amides is 3. The number of alkyl halides is 4. The van der Waals surface area contributed by atoms with Gasteiger partial charge in [0, 0.05) is 24.8 Å². The van der Waals surface area contributed by atoms with Crippen molar-refractivity contribution in [3.05, 3.63) is 18.2 Å². The van der Waals surface area contributed by atoms with Crippen LogP contribution < -0.4 is 20.7 Å². The lowest BCUT2D eigenvalue weighted by Gasteiger charge is -2.30. The number of halogens is 4. The van der Waals surface area contributed by atoms with Crippen molar-refractivity contribution in [2.75, 3.05) is 43.1 Å². The van der Waals surface area contributed by atoms with Crippen molar-refractivity contribution in [1.29, 1.82) is 0 Å². The summed E-state index contributed by atoms with van der Waals surface area (Å²) >= 11 is 0. The molecule has 0 saturated carbocycles. The van der Waals surface area contributed by atoms with Gasteiger partial charge >= 0.3 is 6.61 Å². The summed E-state index contributed by atoms with van der Waals surface area (Å²) in [6.45, 7) is -0.546. The minimum atomic E-state index is -3.26. The fourth-order valence-electron chi connectivity index (χ4n) is 3.37. The normalized spacial score (nSPS) is 15.5. The molecule has 3 N–H and O–H groups in total. The molecule has 2 rings (SSSR count). The van der Waals surface area contributed by atoms with E-state index in [1.165, 1.54) is 17.0 Å². The summed E-state index contributed by atoms with van der Waals surface area (Å²) in [5.41, 5.74) is 5.28. The second-order valence-corrected chi connectivity index (χ2v) is 7.69. The van der Waals surface area contributed by atoms with Gasteiger partial charge in [-0.05, 0) is 18.1 Å². The van der Waals surface area contributed by atoms with Gasteiger partial charge in [-0.2, -0.15) is 8.78 Å². The number of nitrogens with two attached hydrogens (primary N) is 1. The molecule has 0 aromatic heterocycles. The number of rotatable bonds is 11. The maximum atomic E-state index is 13.0. The number of benzene rings is 1. The van der Waals surface area contributed by atoms with Crippen LogP contribution in [0.2, 0.25) is 0 Å². The Morgan fingerprint density at radius 2 is 1.94 bits per heavy atom. The SMILES string of the molecule is CC(C)CN(CC(F)F)[C@H](C(N)=O)C(=O)Nc1ccc(N2CCOCC2=O)cc1OC(F)F. The zero-order valence-corrected chi connectivity index (χ0v) is 18.1. The zero-order valence-electron chi connectivity index (χ0n) is 18.1. The molecule has 0 unspecified atom stereocenters. The van der Waals surface area contributed by atoms with Crippen LogP contribution in [0.3, 0.4) is 0 Å². The number of nitrogens with one attached hydrogen (secondary N) is 1. The molecule has 1 saturated heterocycles. The minimum absolute atomic E-state index is 0.0379. The molecule has 0 aliphatic carbocycles. The molecule has 0 radical (unpaired) electrons. The lowest BCUT2D eigenvalue weighted by molar-refractivity contribution is -0.133. The van der Waals surface area contributed by atoms with Gasteiger partial charge in [-0.3, -0.25) is 19.3 Å². The van der Waals surface area contributed by atoms with Gasteiger partial charge in [0.2, 0.25) is 5.91 Å². The molecular formula is C20H26F4N4O5. The molecule has 1 aliphatic heterocycles. The number of carbonyl (C=O) groups is 3. The molecule has 1 atom stereocenters. The molecule has 33 heavy (non-hydrogen) atoms. The van der Waals surface area contributed by atoms with Gasteiger partial charge in [0.15, 0.2) is 11.8 Å². The van der Waals surface area contributed by atoms with Crippen molar-refractivity contribution in [3.8, 4) is 5.75 Å². The first kappa shape index (κ1) is 26.3. The van der Waals surface area contributed by atoms with Crippen molar-refractivity contribution < 1.29 is 41.4 Å². The monoisotopic (exact) mass is 478 g/mol. The van der Waals surface area contributed by atoms with E-state index in [-0.39, 0.29) is 43.6 Å². The quantitative estimate of drug-likeness (QED) is 0.370. The van der Waals surface area contributed by atoms with Crippen molar-refractivity contribution in [1.82, 2.24) is 4.90 Å². The summed E-state index contributed by atoms with van der Waals surface area (Å²) in [5.74, 6) is -3.32. The van der Waals surface area contributed by atoms with Gasteiger partial charge in [-0.25, -0.2) is 8.78 Å². The second-order valence-electron chi connectivity index (χ2n) is 7.69. The summed E-state index contributed by atoms with van der Waals surface area (Å²) in [7, 11) is 0. The van der Waals surface area contributed by atoms with E-state index in [0.29, 0.717) is 0 Å². The Morgan fingerprint density at radius 1 is 1.24 bits per heavy atom. The van der Waals surface area contributed by atoms with Crippen LogP contribution in [0.15, 0.2) is 18.2 Å². The van der Waals surface area contributed by atoms with Gasteiger partial charge in [-0.15, -0.1) is 0 Å². The largest absolute Gasteiger partial charge is 0.433 e. The topological polar surface area (TPSA) is 114 Å². The Hall–Kier alpha value is -2.93. The summed E-state index contributed by atoms with van der Waals surface area (Å²) in [4.78, 5) is 39.0. The van der Waals surface area contributed by atoms with Crippen LogP contribution in [0.5, 0.6) is 5.75 Å². The van der Waals surface area contributed by atoms with Crippen molar-refractivity contribution in [2.24, 2.45) is 11.7 Å². The minimum Gasteiger partial charge on any atom is -0.433 e. The highest BCUT2D eigenvalue weighted by Gasteiger charge is 2.34. The second kappa shape index (κ2) is 11.8. The Bertz CT molecular complexity index is 846. The third kappa shape index (κ3) is 7.56. The predicted molar refractivity (Wildman–Crippen MR) is 110 cm³/mol. The van der Waals surface area contributed by atoms with Crippen LogP contribution >= 0.6 is 0 Å². The molecule has 1 aromatic carbocycles. The number of morpholine rings is 1. The first-order chi connectivity index (χ1) is 15.5. The first-order valence-corrected chi connectivity index (χ1v) is 10.1. The molecule has 1 aliphatic rings. The highest BCUT2D eigenvalue weighted by atomic mass is 19.3. The van der Waals surface area contributed by atoms with E-state index < -0.39 is 49.1 Å². The van der Waals surface area contributed by atoms with E-state index in [0.717, 1.165) is 11.0 Å². The van der Waals surface area contributed by atoms with E-state index in [4.69, 9.17) is 10.5 Å². The van der Waals surface area contributed by atoms with Gasteiger partial charge in [0.05, 0.1) is 18.8 Å². The fraction of sp³-hybridized carbons (Fsp3) is 0.550. The third-order valence-corrected chi connectivity index (χ3v) is 4.59. The van der Waals surface area contributed by atoms with Crippen LogP contribution in [-0.2, 0) is 19.1 Å². The van der Waals surface area contributed by atoms with Gasteiger partial charge in [0.1, 0.15) is 6.61 Å². The standard InChI is InChI=1S/C20H26F4N4O5/c1-11(2)8-27(9-15(21)22)17(18(25)30)19(31)26-13-4-3-12(7-14(13)33-20(23)24)28-5-6-32-10-16(28)29/h3-4,7,11,15,17,20H,5-6,8-10H2,1-2H3,(H2,25,30)(H,26,31)/t17-/m1/s1. The number of hydrogen-bond donors (Lipinski definition) is 2. The molecule has 0 bridgehead atoms. The molecule has 1 aromatic rings. The average Bonchev–Trinajstić information content (AvgIpc) is 2.68. The van der Waals surface area contributed by atoms with Crippen LogP contribution in [0, 0.1) is 5.92 Å². The molecule has 0 spiro atoms. The Kier molecular flexibility index (Phi) is 9.41. The maximum Gasteiger partial charge on any atom is 0.387 e. The highest BCUT2D eigenvalue weighted by molar-refractivity contribution is 6.10. The van der Waals surface area contributed by atoms with Crippen LogP contribution in [0.1, 0.15) is 13.8 Å². The number of hydrogen-bond acceptors (Lipinski definition) is 6. The van der Waals surface area contributed by atoms with E-state index >= 15 is 0 Å². The zero-order chi connectivity index (χ0) is 24.7. The van der Waals surface area contributed by atoms with E-state index in [1.807, 2.05) is 0 Å². The lowest BCUT2D eigenvalue weighted by atomic mass is 10.1. The van der Waals surface area contributed by atoms with Crippen molar-refractivity contribution in [3.63, 3.8) is 0 Å². The Balaban J connectivity index is 2.33. The van der Waals surface area contributed by atoms with E-state index in [2.05, 4.69) is 10.1 Å². The maximum absolute atomic E-state index is 13.0. The van der Waals surface area contributed by atoms with Crippen molar-refractivity contribution in [2.45, 2.75) is 32.9 Å². The molecule has 13 heteroatoms. The number of carbonyl (C=O) groups excluding carboxylic acids is 3. The van der Waals surface area contributed by atoms with Crippen LogP contribution in [0.4, 0.5) is 28.9 Å². The highest BCUT2D eigenvalue weighted by Crippen LogP contribution is 2.32. The lowest BCUT2D eigenvalue weighted by Crippen LogP contribution is -2.54. The average molecular weight is 478 g/mol. The molecule has 1 heterocycles. The smallest absolute Gasteiger partial charge is 0.387 e. The van der Waals surface area contributed by atoms with E-state index in [9.17, 15) is 31.9 Å². The van der Waals surface area contributed by atoms with Crippen molar-refractivity contribution >= 4 is 29.1 Å².